The number of aromatic nitrogens is 3. The van der Waals surface area contributed by atoms with Gasteiger partial charge in [0.2, 0.25) is 0 Å². The summed E-state index contributed by atoms with van der Waals surface area (Å²) in [5.41, 5.74) is 2.03. The van der Waals surface area contributed by atoms with E-state index in [0.29, 0.717) is 31.0 Å². The number of hydrogen-bond donors (Lipinski definition) is 0. The van der Waals surface area contributed by atoms with Gasteiger partial charge in [-0.1, -0.05) is 23.4 Å². The Morgan fingerprint density at radius 1 is 1.08 bits per heavy atom. The van der Waals surface area contributed by atoms with Crippen LogP contribution < -0.4 is 4.90 Å². The van der Waals surface area contributed by atoms with Crippen molar-refractivity contribution in [1.29, 1.82) is 0 Å². The van der Waals surface area contributed by atoms with E-state index in [1.54, 1.807) is 41.2 Å². The molecule has 7 heteroatoms. The van der Waals surface area contributed by atoms with Crippen LogP contribution in [0, 0.1) is 11.6 Å². The van der Waals surface area contributed by atoms with Crippen molar-refractivity contribution in [3.05, 3.63) is 77.6 Å². The molecule has 4 rings (SSSR count). The fraction of sp³-hybridized carbons (Fsp3) is 0.222. The fourth-order valence-electron chi connectivity index (χ4n) is 2.92. The van der Waals surface area contributed by atoms with Gasteiger partial charge in [-0.25, -0.2) is 13.5 Å². The van der Waals surface area contributed by atoms with E-state index in [4.69, 9.17) is 4.74 Å². The van der Waals surface area contributed by atoms with Gasteiger partial charge in [0, 0.05) is 17.8 Å². The van der Waals surface area contributed by atoms with Crippen LogP contribution in [0.15, 0.2) is 54.7 Å². The number of anilines is 1. The molecule has 1 aliphatic heterocycles. The molecule has 5 nitrogen and oxygen atoms in total. The average molecular weight is 342 g/mol. The molecule has 2 aromatic carbocycles. The van der Waals surface area contributed by atoms with Gasteiger partial charge < -0.3 is 9.64 Å². The monoisotopic (exact) mass is 342 g/mol. The highest BCUT2D eigenvalue weighted by Gasteiger charge is 2.29. The van der Waals surface area contributed by atoms with Crippen molar-refractivity contribution in [2.24, 2.45) is 0 Å². The zero-order valence-electron chi connectivity index (χ0n) is 13.3. The molecular weight excluding hydrogens is 326 g/mol. The maximum atomic E-state index is 13.8. The molecule has 0 amide bonds. The lowest BCUT2D eigenvalue weighted by Crippen LogP contribution is -2.23. The Hall–Kier alpha value is -2.80. The predicted octanol–water partition coefficient (Wildman–Crippen LogP) is 3.14. The summed E-state index contributed by atoms with van der Waals surface area (Å²) in [6, 6.07) is 12.8. The van der Waals surface area contributed by atoms with Crippen molar-refractivity contribution < 1.29 is 13.5 Å². The van der Waals surface area contributed by atoms with Gasteiger partial charge in [-0.3, -0.25) is 0 Å². The Morgan fingerprint density at radius 3 is 2.68 bits per heavy atom. The lowest BCUT2D eigenvalue weighted by molar-refractivity contribution is 0.110. The Balaban J connectivity index is 1.54. The normalized spacial score (nSPS) is 17.2. The number of rotatable bonds is 4. The first kappa shape index (κ1) is 15.7. The largest absolute Gasteiger partial charge is 0.350 e. The highest BCUT2D eigenvalue weighted by Crippen LogP contribution is 2.31. The number of benzene rings is 2. The second-order valence-corrected chi connectivity index (χ2v) is 5.83. The van der Waals surface area contributed by atoms with Crippen LogP contribution in [0.5, 0.6) is 0 Å². The minimum atomic E-state index is -0.389. The number of hydrogen-bond acceptors (Lipinski definition) is 4. The molecule has 0 spiro atoms. The lowest BCUT2D eigenvalue weighted by Gasteiger charge is -2.23. The highest BCUT2D eigenvalue weighted by atomic mass is 19.1. The van der Waals surface area contributed by atoms with Crippen LogP contribution in [0.25, 0.3) is 0 Å². The van der Waals surface area contributed by atoms with Crippen molar-refractivity contribution in [2.45, 2.75) is 12.8 Å². The van der Waals surface area contributed by atoms with Gasteiger partial charge in [0.1, 0.15) is 17.3 Å². The Morgan fingerprint density at radius 2 is 1.88 bits per heavy atom. The van der Waals surface area contributed by atoms with E-state index in [9.17, 15) is 8.78 Å². The molecule has 1 saturated heterocycles. The summed E-state index contributed by atoms with van der Waals surface area (Å²) >= 11 is 0. The van der Waals surface area contributed by atoms with Gasteiger partial charge >= 0.3 is 0 Å². The molecule has 0 N–H and O–H groups in total. The molecule has 1 fully saturated rings. The zero-order chi connectivity index (χ0) is 17.2. The first-order chi connectivity index (χ1) is 12.2. The molecule has 0 radical (unpaired) electrons. The van der Waals surface area contributed by atoms with E-state index >= 15 is 0 Å². The molecule has 128 valence electrons. The van der Waals surface area contributed by atoms with Crippen LogP contribution in [-0.4, -0.2) is 28.1 Å². The highest BCUT2D eigenvalue weighted by molar-refractivity contribution is 5.48. The molecular formula is C18H16F2N4O. The van der Waals surface area contributed by atoms with E-state index in [1.807, 2.05) is 4.90 Å². The van der Waals surface area contributed by atoms with Crippen molar-refractivity contribution >= 4 is 5.69 Å². The van der Waals surface area contributed by atoms with Gasteiger partial charge in [0.25, 0.3) is 0 Å². The van der Waals surface area contributed by atoms with Crippen LogP contribution in [-0.2, 0) is 11.3 Å². The molecule has 0 bridgehead atoms. The fourth-order valence-corrected chi connectivity index (χ4v) is 2.92. The minimum absolute atomic E-state index is 0.274. The van der Waals surface area contributed by atoms with Gasteiger partial charge in [-0.2, -0.15) is 0 Å². The average Bonchev–Trinajstić information content (AvgIpc) is 3.27. The Bertz CT molecular complexity index is 866. The van der Waals surface area contributed by atoms with Crippen molar-refractivity contribution in [1.82, 2.24) is 15.0 Å². The Kier molecular flexibility index (Phi) is 4.15. The number of ether oxygens (including phenoxy) is 1. The minimum Gasteiger partial charge on any atom is -0.350 e. The van der Waals surface area contributed by atoms with E-state index < -0.39 is 0 Å². The molecule has 0 saturated carbocycles. The van der Waals surface area contributed by atoms with Crippen molar-refractivity contribution in [3.8, 4) is 0 Å². The molecule has 3 aromatic rings. The molecule has 0 unspecified atom stereocenters. The number of nitrogens with zero attached hydrogens (tertiary/aromatic N) is 4. The van der Waals surface area contributed by atoms with Gasteiger partial charge in [0.05, 0.1) is 19.3 Å². The summed E-state index contributed by atoms with van der Waals surface area (Å²) in [6.07, 6.45) is 1.36. The van der Waals surface area contributed by atoms with Crippen LogP contribution in [0.4, 0.5) is 14.5 Å². The van der Waals surface area contributed by atoms with Crippen LogP contribution in [0.2, 0.25) is 0 Å². The molecule has 0 aliphatic carbocycles. The molecule has 25 heavy (non-hydrogen) atoms. The molecule has 1 aromatic heterocycles. The summed E-state index contributed by atoms with van der Waals surface area (Å²) in [5.74, 6) is -0.555. The third-order valence-corrected chi connectivity index (χ3v) is 4.15. The van der Waals surface area contributed by atoms with E-state index in [1.165, 1.54) is 18.2 Å². The quantitative estimate of drug-likeness (QED) is 0.731. The van der Waals surface area contributed by atoms with Crippen LogP contribution in [0.1, 0.15) is 17.5 Å². The number of halogens is 2. The van der Waals surface area contributed by atoms with Crippen LogP contribution in [0.3, 0.4) is 0 Å². The summed E-state index contributed by atoms with van der Waals surface area (Å²) in [5, 5.41) is 8.24. The van der Waals surface area contributed by atoms with E-state index in [0.717, 1.165) is 5.69 Å². The molecule has 1 atom stereocenters. The van der Waals surface area contributed by atoms with Gasteiger partial charge in [-0.05, 0) is 30.3 Å². The topological polar surface area (TPSA) is 43.2 Å². The van der Waals surface area contributed by atoms with Crippen molar-refractivity contribution in [3.63, 3.8) is 0 Å². The smallest absolute Gasteiger partial charge is 0.177 e. The molecule has 2 heterocycles. The standard InChI is InChI=1S/C18H16F2N4O/c19-14-5-7-15(8-6-14)24-9-10-25-18(24)17-12-23(22-21-17)11-13-3-1-2-4-16(13)20/h1-8,12,18H,9-11H2/t18-/m1/s1. The Labute approximate surface area is 143 Å². The zero-order valence-corrected chi connectivity index (χ0v) is 13.3. The summed E-state index contributed by atoms with van der Waals surface area (Å²) in [7, 11) is 0. The first-order valence-corrected chi connectivity index (χ1v) is 7.98. The third-order valence-electron chi connectivity index (χ3n) is 4.15. The van der Waals surface area contributed by atoms with E-state index in [-0.39, 0.29) is 17.9 Å². The van der Waals surface area contributed by atoms with Gasteiger partial charge in [0.15, 0.2) is 6.23 Å². The van der Waals surface area contributed by atoms with E-state index in [2.05, 4.69) is 10.3 Å². The van der Waals surface area contributed by atoms with Crippen LogP contribution >= 0.6 is 0 Å². The van der Waals surface area contributed by atoms with Gasteiger partial charge in [-0.15, -0.1) is 5.10 Å². The summed E-state index contributed by atoms with van der Waals surface area (Å²) < 4.78 is 34.3. The SMILES string of the molecule is Fc1ccc(N2CCO[C@@H]2c2cn(Cc3ccccc3F)nn2)cc1. The maximum Gasteiger partial charge on any atom is 0.177 e. The summed E-state index contributed by atoms with van der Waals surface area (Å²) in [6.45, 7) is 1.52. The summed E-state index contributed by atoms with van der Waals surface area (Å²) in [4.78, 5) is 2.00. The second-order valence-electron chi connectivity index (χ2n) is 5.83. The third kappa shape index (κ3) is 3.23. The first-order valence-electron chi connectivity index (χ1n) is 7.98. The lowest BCUT2D eigenvalue weighted by atomic mass is 10.2. The second kappa shape index (κ2) is 6.60. The molecule has 1 aliphatic rings. The maximum absolute atomic E-state index is 13.8. The predicted molar refractivity (Wildman–Crippen MR) is 88.0 cm³/mol. The van der Waals surface area contributed by atoms with Crippen molar-refractivity contribution in [2.75, 3.05) is 18.1 Å².